The first-order valence-electron chi connectivity index (χ1n) is 5.22. The Morgan fingerprint density at radius 2 is 2.00 bits per heavy atom. The minimum atomic E-state index is 0.432. The second-order valence-electron chi connectivity index (χ2n) is 4.71. The van der Waals surface area contributed by atoms with Gasteiger partial charge in [-0.1, -0.05) is 12.8 Å². The molecular weight excluding hydrogens is 150 g/mol. The van der Waals surface area contributed by atoms with E-state index in [-0.39, 0.29) is 0 Å². The molecule has 3 atom stereocenters. The Labute approximate surface area is 73.5 Å². The maximum absolute atomic E-state index is 6.22. The smallest absolute Gasteiger partial charge is 0.0690 e. The normalized spacial score (nSPS) is 49.2. The molecule has 1 heterocycles. The van der Waals surface area contributed by atoms with Crippen molar-refractivity contribution in [3.05, 3.63) is 0 Å². The molecule has 0 aromatic carbocycles. The summed E-state index contributed by atoms with van der Waals surface area (Å²) < 4.78 is 5.78. The van der Waals surface area contributed by atoms with Gasteiger partial charge < -0.3 is 10.5 Å². The molecule has 12 heavy (non-hydrogen) atoms. The van der Waals surface area contributed by atoms with Crippen molar-refractivity contribution in [2.75, 3.05) is 6.61 Å². The van der Waals surface area contributed by atoms with Gasteiger partial charge in [0.1, 0.15) is 0 Å². The van der Waals surface area contributed by atoms with Crippen LogP contribution >= 0.6 is 0 Å². The Morgan fingerprint density at radius 3 is 2.75 bits per heavy atom. The van der Waals surface area contributed by atoms with Gasteiger partial charge in [0.05, 0.1) is 6.10 Å². The summed E-state index contributed by atoms with van der Waals surface area (Å²) in [6, 6.07) is 0.465. The number of fused-ring (bicyclic) bond motifs is 2. The lowest BCUT2D eigenvalue weighted by Crippen LogP contribution is -2.65. The molecule has 0 bridgehead atoms. The van der Waals surface area contributed by atoms with Crippen LogP contribution in [0.15, 0.2) is 0 Å². The van der Waals surface area contributed by atoms with Gasteiger partial charge in [-0.3, -0.25) is 0 Å². The molecule has 0 unspecified atom stereocenters. The summed E-state index contributed by atoms with van der Waals surface area (Å²) in [4.78, 5) is 0. The Balaban J connectivity index is 1.87. The molecule has 1 spiro atoms. The monoisotopic (exact) mass is 167 g/mol. The van der Waals surface area contributed by atoms with E-state index in [0.717, 1.165) is 6.61 Å². The summed E-state index contributed by atoms with van der Waals surface area (Å²) in [5, 5.41) is 0. The van der Waals surface area contributed by atoms with Gasteiger partial charge in [-0.25, -0.2) is 0 Å². The van der Waals surface area contributed by atoms with Crippen LogP contribution < -0.4 is 5.73 Å². The molecule has 3 fully saturated rings. The summed E-state index contributed by atoms with van der Waals surface area (Å²) in [6.07, 6.45) is 7.17. The zero-order chi connectivity index (χ0) is 8.18. The summed E-state index contributed by atoms with van der Waals surface area (Å²) in [5.74, 6) is 0.711. The average molecular weight is 167 g/mol. The largest absolute Gasteiger partial charge is 0.377 e. The van der Waals surface area contributed by atoms with Crippen molar-refractivity contribution < 1.29 is 4.74 Å². The summed E-state index contributed by atoms with van der Waals surface area (Å²) in [6.45, 7) is 0.963. The van der Waals surface area contributed by atoms with Crippen molar-refractivity contribution in [2.45, 2.75) is 44.2 Å². The average Bonchev–Trinajstić information content (AvgIpc) is 2.72. The van der Waals surface area contributed by atoms with Crippen LogP contribution in [-0.2, 0) is 4.74 Å². The lowest BCUT2D eigenvalue weighted by atomic mass is 9.55. The molecular formula is C10H17NO. The molecule has 2 N–H and O–H groups in total. The molecule has 0 aromatic heterocycles. The van der Waals surface area contributed by atoms with Crippen molar-refractivity contribution in [2.24, 2.45) is 17.1 Å². The third kappa shape index (κ3) is 0.647. The van der Waals surface area contributed by atoms with E-state index in [1.54, 1.807) is 0 Å². The molecule has 2 aliphatic carbocycles. The lowest BCUT2D eigenvalue weighted by Gasteiger charge is -2.55. The van der Waals surface area contributed by atoms with Crippen molar-refractivity contribution in [1.82, 2.24) is 0 Å². The summed E-state index contributed by atoms with van der Waals surface area (Å²) in [7, 11) is 0. The van der Waals surface area contributed by atoms with Gasteiger partial charge in [-0.15, -0.1) is 0 Å². The number of ether oxygens (including phenoxy) is 1. The second-order valence-corrected chi connectivity index (χ2v) is 4.71. The van der Waals surface area contributed by atoms with E-state index in [4.69, 9.17) is 10.5 Å². The quantitative estimate of drug-likeness (QED) is 0.590. The number of hydrogen-bond donors (Lipinski definition) is 1. The highest BCUT2D eigenvalue weighted by Gasteiger charge is 2.63. The molecule has 0 radical (unpaired) electrons. The van der Waals surface area contributed by atoms with Crippen LogP contribution in [-0.4, -0.2) is 18.8 Å². The van der Waals surface area contributed by atoms with E-state index in [2.05, 4.69) is 0 Å². The van der Waals surface area contributed by atoms with Gasteiger partial charge in [0.2, 0.25) is 0 Å². The molecule has 1 saturated heterocycles. The first-order valence-corrected chi connectivity index (χ1v) is 5.22. The lowest BCUT2D eigenvalue weighted by molar-refractivity contribution is -0.118. The van der Waals surface area contributed by atoms with E-state index < -0.39 is 0 Å². The van der Waals surface area contributed by atoms with Crippen LogP contribution in [0.25, 0.3) is 0 Å². The fraction of sp³-hybridized carbons (Fsp3) is 1.00. The molecule has 0 aromatic rings. The van der Waals surface area contributed by atoms with Gasteiger partial charge >= 0.3 is 0 Å². The van der Waals surface area contributed by atoms with Gasteiger partial charge in [-0.2, -0.15) is 0 Å². The fourth-order valence-corrected chi connectivity index (χ4v) is 3.71. The van der Waals surface area contributed by atoms with Crippen LogP contribution in [0.1, 0.15) is 32.1 Å². The molecule has 0 amide bonds. The molecule has 3 aliphatic rings. The van der Waals surface area contributed by atoms with Crippen LogP contribution in [0.2, 0.25) is 0 Å². The predicted octanol–water partition coefficient (Wildman–Crippen LogP) is 1.29. The van der Waals surface area contributed by atoms with Gasteiger partial charge in [-0.05, 0) is 19.3 Å². The van der Waals surface area contributed by atoms with Crippen molar-refractivity contribution >= 4 is 0 Å². The van der Waals surface area contributed by atoms with Crippen molar-refractivity contribution in [1.29, 1.82) is 0 Å². The van der Waals surface area contributed by atoms with Crippen molar-refractivity contribution in [3.63, 3.8) is 0 Å². The van der Waals surface area contributed by atoms with Gasteiger partial charge in [0, 0.05) is 24.0 Å². The Morgan fingerprint density at radius 1 is 1.25 bits per heavy atom. The third-order valence-electron chi connectivity index (χ3n) is 4.36. The summed E-state index contributed by atoms with van der Waals surface area (Å²) in [5.41, 5.74) is 6.66. The number of hydrogen-bond acceptors (Lipinski definition) is 2. The first kappa shape index (κ1) is 7.34. The highest BCUT2D eigenvalue weighted by molar-refractivity contribution is 5.15. The minimum Gasteiger partial charge on any atom is -0.377 e. The molecule has 3 rings (SSSR count). The number of rotatable bonds is 0. The van der Waals surface area contributed by atoms with E-state index in [1.165, 1.54) is 32.1 Å². The van der Waals surface area contributed by atoms with Crippen molar-refractivity contribution in [3.8, 4) is 0 Å². The highest BCUT2D eigenvalue weighted by atomic mass is 16.5. The maximum atomic E-state index is 6.22. The Bertz CT molecular complexity index is 198. The van der Waals surface area contributed by atoms with E-state index in [9.17, 15) is 0 Å². The van der Waals surface area contributed by atoms with Crippen LogP contribution in [0.5, 0.6) is 0 Å². The fourth-order valence-electron chi connectivity index (χ4n) is 3.71. The zero-order valence-electron chi connectivity index (χ0n) is 7.46. The predicted molar refractivity (Wildman–Crippen MR) is 46.7 cm³/mol. The van der Waals surface area contributed by atoms with Crippen LogP contribution in [0.4, 0.5) is 0 Å². The zero-order valence-corrected chi connectivity index (χ0v) is 7.46. The van der Waals surface area contributed by atoms with Crippen LogP contribution in [0.3, 0.4) is 0 Å². The van der Waals surface area contributed by atoms with Gasteiger partial charge in [0.15, 0.2) is 0 Å². The standard InChI is InChI=1S/C10H17NO/c11-8-7-3-6-12-9(7)10(8)4-1-2-5-10/h7-9H,1-6,11H2/t7-,8+,9+/m0/s1. The highest BCUT2D eigenvalue weighted by Crippen LogP contribution is 2.59. The van der Waals surface area contributed by atoms with Gasteiger partial charge in [0.25, 0.3) is 0 Å². The third-order valence-corrected chi connectivity index (χ3v) is 4.36. The second kappa shape index (κ2) is 2.24. The molecule has 2 nitrogen and oxygen atoms in total. The SMILES string of the molecule is N[C@@H]1[C@@H]2CCO[C@H]2C12CCCC2. The first-order chi connectivity index (χ1) is 5.84. The Hall–Kier alpha value is -0.0800. The van der Waals surface area contributed by atoms with E-state index in [1.807, 2.05) is 0 Å². The van der Waals surface area contributed by atoms with Crippen LogP contribution in [0, 0.1) is 11.3 Å². The minimum absolute atomic E-state index is 0.432. The molecule has 1 aliphatic heterocycles. The Kier molecular flexibility index (Phi) is 1.37. The van der Waals surface area contributed by atoms with E-state index >= 15 is 0 Å². The number of nitrogens with two attached hydrogens (primary N) is 1. The summed E-state index contributed by atoms with van der Waals surface area (Å²) >= 11 is 0. The molecule has 2 saturated carbocycles. The topological polar surface area (TPSA) is 35.2 Å². The maximum Gasteiger partial charge on any atom is 0.0690 e. The molecule has 2 heteroatoms. The van der Waals surface area contributed by atoms with E-state index in [0.29, 0.717) is 23.5 Å². The molecule has 68 valence electrons.